The van der Waals surface area contributed by atoms with Crippen molar-refractivity contribution in [3.05, 3.63) is 83.4 Å². The molecule has 29 heavy (non-hydrogen) atoms. The highest BCUT2D eigenvalue weighted by atomic mass is 19.4. The van der Waals surface area contributed by atoms with Crippen molar-refractivity contribution in [1.29, 1.82) is 0 Å². The number of halogens is 3. The highest BCUT2D eigenvalue weighted by molar-refractivity contribution is 5.84. The van der Waals surface area contributed by atoms with Crippen molar-refractivity contribution in [3.63, 3.8) is 0 Å². The Morgan fingerprint density at radius 1 is 1.03 bits per heavy atom. The van der Waals surface area contributed by atoms with Gasteiger partial charge in [-0.1, -0.05) is 49.3 Å². The molecule has 0 spiro atoms. The van der Waals surface area contributed by atoms with Crippen molar-refractivity contribution in [2.24, 2.45) is 5.92 Å². The number of benzene rings is 2. The van der Waals surface area contributed by atoms with E-state index in [-0.39, 0.29) is 0 Å². The molecule has 0 heterocycles. The van der Waals surface area contributed by atoms with E-state index < -0.39 is 17.7 Å². The van der Waals surface area contributed by atoms with Crippen LogP contribution in [0.2, 0.25) is 0 Å². The van der Waals surface area contributed by atoms with Crippen molar-refractivity contribution in [3.8, 4) is 5.75 Å². The third-order valence-corrected chi connectivity index (χ3v) is 4.68. The number of ether oxygens (including phenoxy) is 1. The molecule has 2 aromatic carbocycles. The first-order valence-electron chi connectivity index (χ1n) is 9.35. The van der Waals surface area contributed by atoms with E-state index in [4.69, 9.17) is 9.84 Å². The Morgan fingerprint density at radius 3 is 2.14 bits per heavy atom. The Labute approximate surface area is 167 Å². The van der Waals surface area contributed by atoms with E-state index in [1.807, 2.05) is 12.1 Å². The van der Waals surface area contributed by atoms with Crippen LogP contribution < -0.4 is 4.74 Å². The van der Waals surface area contributed by atoms with E-state index >= 15 is 0 Å². The van der Waals surface area contributed by atoms with Gasteiger partial charge >= 0.3 is 12.1 Å². The van der Waals surface area contributed by atoms with Crippen LogP contribution in [0.3, 0.4) is 0 Å². The summed E-state index contributed by atoms with van der Waals surface area (Å²) in [5.74, 6) is 0.402. The number of hydrogen-bond donors (Lipinski definition) is 1. The molecular formula is C23H21F3O3. The van der Waals surface area contributed by atoms with Crippen LogP contribution in [-0.2, 0) is 11.0 Å². The largest absolute Gasteiger partial charge is 0.494 e. The van der Waals surface area contributed by atoms with E-state index in [1.54, 1.807) is 18.2 Å². The molecule has 0 aromatic heterocycles. The van der Waals surface area contributed by atoms with Crippen LogP contribution in [-0.4, -0.2) is 17.7 Å². The SMILES string of the molecule is O=C(O)/C=C/C=C(/c1ccc(OCCC2CC2)cc1)c1ccc(C(F)(F)F)cc1. The van der Waals surface area contributed by atoms with Crippen molar-refractivity contribution in [1.82, 2.24) is 0 Å². The summed E-state index contributed by atoms with van der Waals surface area (Å²) in [4.78, 5) is 10.7. The van der Waals surface area contributed by atoms with Gasteiger partial charge in [-0.05, 0) is 53.3 Å². The Kier molecular flexibility index (Phi) is 6.42. The predicted molar refractivity (Wildman–Crippen MR) is 105 cm³/mol. The van der Waals surface area contributed by atoms with Gasteiger partial charge in [-0.15, -0.1) is 0 Å². The highest BCUT2D eigenvalue weighted by Gasteiger charge is 2.30. The van der Waals surface area contributed by atoms with Crippen LogP contribution in [0.25, 0.3) is 5.57 Å². The number of rotatable bonds is 8. The third kappa shape index (κ3) is 6.24. The van der Waals surface area contributed by atoms with Gasteiger partial charge in [-0.3, -0.25) is 0 Å². The molecule has 0 amide bonds. The average molecular weight is 402 g/mol. The molecule has 2 aromatic rings. The van der Waals surface area contributed by atoms with Crippen LogP contribution in [0.15, 0.2) is 66.8 Å². The number of allylic oxidation sites excluding steroid dienone is 2. The summed E-state index contributed by atoms with van der Waals surface area (Å²) in [6, 6.07) is 12.0. The fourth-order valence-electron chi connectivity index (χ4n) is 2.91. The first-order chi connectivity index (χ1) is 13.8. The van der Waals surface area contributed by atoms with Crippen LogP contribution in [0.5, 0.6) is 5.75 Å². The standard InChI is InChI=1S/C23H21F3O3/c24-23(25,26)19-10-6-17(7-11-19)21(2-1-3-22(27)28)18-8-12-20(13-9-18)29-15-14-16-4-5-16/h1-3,6-13,16H,4-5,14-15H2,(H,27,28)/b3-1+,21-2+. The van der Waals surface area contributed by atoms with Gasteiger partial charge in [0.05, 0.1) is 12.2 Å². The fraction of sp³-hybridized carbons (Fsp3) is 0.261. The summed E-state index contributed by atoms with van der Waals surface area (Å²) in [6.07, 6.45) is 3.07. The van der Waals surface area contributed by atoms with E-state index in [0.717, 1.165) is 41.9 Å². The average Bonchev–Trinajstić information content (AvgIpc) is 3.50. The van der Waals surface area contributed by atoms with Crippen molar-refractivity contribution in [2.45, 2.75) is 25.4 Å². The molecule has 0 saturated heterocycles. The zero-order valence-electron chi connectivity index (χ0n) is 15.7. The maximum atomic E-state index is 12.8. The normalized spacial score (nSPS) is 14.9. The minimum absolute atomic E-state index is 0.551. The van der Waals surface area contributed by atoms with E-state index in [2.05, 4.69) is 0 Å². The van der Waals surface area contributed by atoms with Gasteiger partial charge in [0.2, 0.25) is 0 Å². The second kappa shape index (κ2) is 8.99. The van der Waals surface area contributed by atoms with Crippen LogP contribution in [0.1, 0.15) is 36.0 Å². The van der Waals surface area contributed by atoms with Crippen molar-refractivity contribution in [2.75, 3.05) is 6.61 Å². The molecular weight excluding hydrogens is 381 g/mol. The van der Waals surface area contributed by atoms with Gasteiger partial charge in [0.1, 0.15) is 5.75 Å². The quantitative estimate of drug-likeness (QED) is 0.438. The molecule has 1 fully saturated rings. The summed E-state index contributed by atoms with van der Waals surface area (Å²) < 4.78 is 44.2. The molecule has 0 bridgehead atoms. The molecule has 3 nitrogen and oxygen atoms in total. The maximum Gasteiger partial charge on any atom is 0.416 e. The Bertz CT molecular complexity index is 890. The van der Waals surface area contributed by atoms with Gasteiger partial charge in [-0.25, -0.2) is 4.79 Å². The molecule has 1 aliphatic rings. The van der Waals surface area contributed by atoms with Gasteiger partial charge in [-0.2, -0.15) is 13.2 Å². The molecule has 0 radical (unpaired) electrons. The summed E-state index contributed by atoms with van der Waals surface area (Å²) >= 11 is 0. The second-order valence-electron chi connectivity index (χ2n) is 6.96. The topological polar surface area (TPSA) is 46.5 Å². The first-order valence-corrected chi connectivity index (χ1v) is 9.35. The molecule has 1 aliphatic carbocycles. The molecule has 3 rings (SSSR count). The summed E-state index contributed by atoms with van der Waals surface area (Å²) in [5.41, 5.74) is 1.17. The number of aliphatic carboxylic acids is 1. The van der Waals surface area contributed by atoms with Gasteiger partial charge in [0.15, 0.2) is 0 Å². The van der Waals surface area contributed by atoms with Crippen LogP contribution in [0.4, 0.5) is 13.2 Å². The maximum absolute atomic E-state index is 12.8. The number of carboxylic acid groups (broad SMARTS) is 1. The Balaban J connectivity index is 1.82. The lowest BCUT2D eigenvalue weighted by molar-refractivity contribution is -0.137. The highest BCUT2D eigenvalue weighted by Crippen LogP contribution is 2.33. The van der Waals surface area contributed by atoms with Gasteiger partial charge in [0, 0.05) is 6.08 Å². The summed E-state index contributed by atoms with van der Waals surface area (Å²) in [5, 5.41) is 8.80. The first kappa shape index (κ1) is 20.7. The van der Waals surface area contributed by atoms with Gasteiger partial charge in [0.25, 0.3) is 0 Å². The van der Waals surface area contributed by atoms with Crippen molar-refractivity contribution < 1.29 is 27.8 Å². The minimum atomic E-state index is -4.41. The molecule has 152 valence electrons. The minimum Gasteiger partial charge on any atom is -0.494 e. The lowest BCUT2D eigenvalue weighted by Crippen LogP contribution is -2.04. The lowest BCUT2D eigenvalue weighted by Gasteiger charge is -2.12. The molecule has 0 atom stereocenters. The smallest absolute Gasteiger partial charge is 0.416 e. The lowest BCUT2D eigenvalue weighted by atomic mass is 9.96. The van der Waals surface area contributed by atoms with E-state index in [1.165, 1.54) is 31.1 Å². The molecule has 1 N–H and O–H groups in total. The Hall–Kier alpha value is -3.02. The number of carboxylic acids is 1. The fourth-order valence-corrected chi connectivity index (χ4v) is 2.91. The van der Waals surface area contributed by atoms with E-state index in [9.17, 15) is 18.0 Å². The van der Waals surface area contributed by atoms with Crippen molar-refractivity contribution >= 4 is 11.5 Å². The summed E-state index contributed by atoms with van der Waals surface area (Å²) in [6.45, 7) is 0.660. The molecule has 0 aliphatic heterocycles. The molecule has 0 unspecified atom stereocenters. The number of hydrogen-bond acceptors (Lipinski definition) is 2. The Morgan fingerprint density at radius 2 is 1.62 bits per heavy atom. The van der Waals surface area contributed by atoms with E-state index in [0.29, 0.717) is 17.7 Å². The molecule has 6 heteroatoms. The van der Waals surface area contributed by atoms with Gasteiger partial charge < -0.3 is 9.84 Å². The third-order valence-electron chi connectivity index (χ3n) is 4.68. The summed E-state index contributed by atoms with van der Waals surface area (Å²) in [7, 11) is 0. The second-order valence-corrected chi connectivity index (χ2v) is 6.96. The molecule has 1 saturated carbocycles. The zero-order valence-corrected chi connectivity index (χ0v) is 15.7. The van der Waals surface area contributed by atoms with Crippen LogP contribution >= 0.6 is 0 Å². The number of alkyl halides is 3. The zero-order chi connectivity index (χ0) is 20.9. The van der Waals surface area contributed by atoms with Crippen LogP contribution in [0, 0.1) is 5.92 Å². The predicted octanol–water partition coefficient (Wildman–Crippen LogP) is 5.96. The monoisotopic (exact) mass is 402 g/mol. The number of carbonyl (C=O) groups is 1.